The first kappa shape index (κ1) is 11.9. The SMILES string of the molecule is Cc1cccc(CNCCCO)c1I. The zero-order valence-corrected chi connectivity index (χ0v) is 10.5. The lowest BCUT2D eigenvalue weighted by Crippen LogP contribution is -2.16. The molecule has 3 heteroatoms. The molecule has 0 atom stereocenters. The lowest BCUT2D eigenvalue weighted by Gasteiger charge is -2.07. The van der Waals surface area contributed by atoms with Gasteiger partial charge in [-0.2, -0.15) is 0 Å². The summed E-state index contributed by atoms with van der Waals surface area (Å²) in [5.74, 6) is 0. The van der Waals surface area contributed by atoms with Gasteiger partial charge in [0.2, 0.25) is 0 Å². The molecule has 1 aromatic rings. The van der Waals surface area contributed by atoms with Gasteiger partial charge < -0.3 is 10.4 Å². The van der Waals surface area contributed by atoms with Crippen molar-refractivity contribution in [3.05, 3.63) is 32.9 Å². The normalized spacial score (nSPS) is 10.5. The Kier molecular flexibility index (Phi) is 5.44. The summed E-state index contributed by atoms with van der Waals surface area (Å²) in [4.78, 5) is 0. The van der Waals surface area contributed by atoms with Crippen LogP contribution in [0.15, 0.2) is 18.2 Å². The number of aliphatic hydroxyl groups is 1. The van der Waals surface area contributed by atoms with E-state index in [1.807, 2.05) is 0 Å². The predicted molar refractivity (Wildman–Crippen MR) is 67.3 cm³/mol. The molecule has 0 aromatic heterocycles. The molecule has 2 N–H and O–H groups in total. The molecule has 2 nitrogen and oxygen atoms in total. The van der Waals surface area contributed by atoms with Gasteiger partial charge in [-0.3, -0.25) is 0 Å². The van der Waals surface area contributed by atoms with Crippen LogP contribution in [0, 0.1) is 10.5 Å². The Morgan fingerprint density at radius 2 is 2.21 bits per heavy atom. The highest BCUT2D eigenvalue weighted by atomic mass is 127. The van der Waals surface area contributed by atoms with Crippen molar-refractivity contribution in [1.82, 2.24) is 5.32 Å². The van der Waals surface area contributed by atoms with Gasteiger partial charge in [-0.25, -0.2) is 0 Å². The van der Waals surface area contributed by atoms with Gasteiger partial charge in [-0.05, 0) is 53.6 Å². The van der Waals surface area contributed by atoms with E-state index in [0.717, 1.165) is 19.5 Å². The van der Waals surface area contributed by atoms with Gasteiger partial charge in [0.1, 0.15) is 0 Å². The second kappa shape index (κ2) is 6.37. The smallest absolute Gasteiger partial charge is 0.0443 e. The lowest BCUT2D eigenvalue weighted by molar-refractivity contribution is 0.286. The molecular weight excluding hydrogens is 289 g/mol. The van der Waals surface area contributed by atoms with Gasteiger partial charge in [0, 0.05) is 16.7 Å². The van der Waals surface area contributed by atoms with Gasteiger partial charge in [-0.1, -0.05) is 18.2 Å². The van der Waals surface area contributed by atoms with E-state index in [1.54, 1.807) is 0 Å². The summed E-state index contributed by atoms with van der Waals surface area (Å²) in [5, 5.41) is 11.9. The first-order chi connectivity index (χ1) is 6.75. The van der Waals surface area contributed by atoms with E-state index in [0.29, 0.717) is 0 Å². The van der Waals surface area contributed by atoms with E-state index in [1.165, 1.54) is 14.7 Å². The molecule has 1 aromatic carbocycles. The first-order valence-corrected chi connectivity index (χ1v) is 5.89. The quantitative estimate of drug-likeness (QED) is 0.645. The number of hydrogen-bond donors (Lipinski definition) is 2. The molecule has 0 saturated heterocycles. The molecule has 0 saturated carbocycles. The molecule has 0 aliphatic carbocycles. The topological polar surface area (TPSA) is 32.3 Å². The van der Waals surface area contributed by atoms with Crippen molar-refractivity contribution >= 4 is 22.6 Å². The summed E-state index contributed by atoms with van der Waals surface area (Å²) in [7, 11) is 0. The van der Waals surface area contributed by atoms with E-state index in [4.69, 9.17) is 5.11 Å². The summed E-state index contributed by atoms with van der Waals surface area (Å²) in [6, 6.07) is 6.35. The Morgan fingerprint density at radius 3 is 2.93 bits per heavy atom. The standard InChI is InChI=1S/C11H16INO/c1-9-4-2-5-10(11(9)12)8-13-6-3-7-14/h2,4-5,13-14H,3,6-8H2,1H3. The molecular formula is C11H16INO. The highest BCUT2D eigenvalue weighted by Crippen LogP contribution is 2.16. The molecule has 78 valence electrons. The molecule has 0 radical (unpaired) electrons. The van der Waals surface area contributed by atoms with Crippen molar-refractivity contribution in [1.29, 1.82) is 0 Å². The van der Waals surface area contributed by atoms with Crippen LogP contribution in [-0.4, -0.2) is 18.3 Å². The van der Waals surface area contributed by atoms with Gasteiger partial charge in [0.05, 0.1) is 0 Å². The summed E-state index contributed by atoms with van der Waals surface area (Å²) < 4.78 is 1.33. The molecule has 14 heavy (non-hydrogen) atoms. The molecule has 0 bridgehead atoms. The Bertz CT molecular complexity index is 289. The second-order valence-corrected chi connectivity index (χ2v) is 4.38. The minimum absolute atomic E-state index is 0.262. The van der Waals surface area contributed by atoms with Crippen LogP contribution in [0.5, 0.6) is 0 Å². The summed E-state index contributed by atoms with van der Waals surface area (Å²) >= 11 is 2.38. The van der Waals surface area contributed by atoms with E-state index >= 15 is 0 Å². The zero-order valence-electron chi connectivity index (χ0n) is 8.39. The third kappa shape index (κ3) is 3.55. The van der Waals surface area contributed by atoms with Gasteiger partial charge >= 0.3 is 0 Å². The highest BCUT2D eigenvalue weighted by molar-refractivity contribution is 14.1. The van der Waals surface area contributed by atoms with Crippen LogP contribution in [0.4, 0.5) is 0 Å². The van der Waals surface area contributed by atoms with Gasteiger partial charge in [0.25, 0.3) is 0 Å². The Hall–Kier alpha value is -0.130. The Morgan fingerprint density at radius 1 is 1.43 bits per heavy atom. The fourth-order valence-corrected chi connectivity index (χ4v) is 1.82. The van der Waals surface area contributed by atoms with Crippen LogP contribution in [0.2, 0.25) is 0 Å². The summed E-state index contributed by atoms with van der Waals surface area (Å²) in [6.07, 6.45) is 0.822. The van der Waals surface area contributed by atoms with Crippen LogP contribution in [0.25, 0.3) is 0 Å². The van der Waals surface area contributed by atoms with Gasteiger partial charge in [0.15, 0.2) is 0 Å². The maximum Gasteiger partial charge on any atom is 0.0443 e. The van der Waals surface area contributed by atoms with Gasteiger partial charge in [-0.15, -0.1) is 0 Å². The Balaban J connectivity index is 2.46. The van der Waals surface area contributed by atoms with Crippen LogP contribution >= 0.6 is 22.6 Å². The molecule has 0 amide bonds. The maximum absolute atomic E-state index is 8.62. The predicted octanol–water partition coefficient (Wildman–Crippen LogP) is 2.07. The zero-order chi connectivity index (χ0) is 10.4. The van der Waals surface area contributed by atoms with Crippen LogP contribution in [0.1, 0.15) is 17.5 Å². The first-order valence-electron chi connectivity index (χ1n) is 4.81. The number of nitrogens with one attached hydrogen (secondary N) is 1. The number of halogens is 1. The van der Waals surface area contributed by atoms with Crippen molar-refractivity contribution < 1.29 is 5.11 Å². The summed E-state index contributed by atoms with van der Waals surface area (Å²) in [5.41, 5.74) is 2.66. The van der Waals surface area contributed by atoms with E-state index < -0.39 is 0 Å². The average molecular weight is 305 g/mol. The van der Waals surface area contributed by atoms with Crippen LogP contribution in [-0.2, 0) is 6.54 Å². The third-order valence-electron chi connectivity index (χ3n) is 2.10. The van der Waals surface area contributed by atoms with E-state index in [-0.39, 0.29) is 6.61 Å². The molecule has 0 unspecified atom stereocenters. The largest absolute Gasteiger partial charge is 0.396 e. The number of hydrogen-bond acceptors (Lipinski definition) is 2. The van der Waals surface area contributed by atoms with Crippen molar-refractivity contribution in [2.45, 2.75) is 19.9 Å². The second-order valence-electron chi connectivity index (χ2n) is 3.30. The summed E-state index contributed by atoms with van der Waals surface area (Å²) in [6.45, 7) is 4.15. The van der Waals surface area contributed by atoms with Crippen LogP contribution in [0.3, 0.4) is 0 Å². The minimum Gasteiger partial charge on any atom is -0.396 e. The van der Waals surface area contributed by atoms with Crippen molar-refractivity contribution in [2.24, 2.45) is 0 Å². The highest BCUT2D eigenvalue weighted by Gasteiger charge is 2.00. The van der Waals surface area contributed by atoms with Crippen molar-refractivity contribution in [3.8, 4) is 0 Å². The number of benzene rings is 1. The van der Waals surface area contributed by atoms with E-state index in [2.05, 4.69) is 53.0 Å². The monoisotopic (exact) mass is 305 g/mol. The van der Waals surface area contributed by atoms with E-state index in [9.17, 15) is 0 Å². The fourth-order valence-electron chi connectivity index (χ4n) is 1.27. The van der Waals surface area contributed by atoms with Crippen molar-refractivity contribution in [3.63, 3.8) is 0 Å². The molecule has 0 aliphatic heterocycles. The minimum atomic E-state index is 0.262. The fraction of sp³-hybridized carbons (Fsp3) is 0.455. The molecule has 0 spiro atoms. The number of rotatable bonds is 5. The molecule has 0 aliphatic rings. The number of aryl methyl sites for hydroxylation is 1. The molecule has 1 rings (SSSR count). The molecule has 0 fully saturated rings. The average Bonchev–Trinajstić information content (AvgIpc) is 2.19. The van der Waals surface area contributed by atoms with Crippen LogP contribution < -0.4 is 5.32 Å². The third-order valence-corrected chi connectivity index (χ3v) is 3.64. The maximum atomic E-state index is 8.62. The van der Waals surface area contributed by atoms with Crippen molar-refractivity contribution in [2.75, 3.05) is 13.2 Å². The molecule has 0 heterocycles. The number of aliphatic hydroxyl groups excluding tert-OH is 1. The Labute approximate surface area is 98.9 Å². The lowest BCUT2D eigenvalue weighted by atomic mass is 10.1.